The minimum absolute atomic E-state index is 0.0724. The van der Waals surface area contributed by atoms with Crippen LogP contribution >= 0.6 is 0 Å². The van der Waals surface area contributed by atoms with Crippen molar-refractivity contribution in [2.24, 2.45) is 0 Å². The lowest BCUT2D eigenvalue weighted by molar-refractivity contribution is -0.131. The van der Waals surface area contributed by atoms with Crippen LogP contribution < -0.4 is 30.3 Å². The van der Waals surface area contributed by atoms with Crippen LogP contribution in [0.2, 0.25) is 0 Å². The first-order valence-corrected chi connectivity index (χ1v) is 12.1. The molecule has 0 bridgehead atoms. The van der Waals surface area contributed by atoms with E-state index >= 15 is 0 Å². The van der Waals surface area contributed by atoms with Crippen molar-refractivity contribution in [2.75, 3.05) is 18.7 Å². The molecule has 0 saturated carbocycles. The van der Waals surface area contributed by atoms with Gasteiger partial charge in [-0.2, -0.15) is 0 Å². The van der Waals surface area contributed by atoms with E-state index in [-0.39, 0.29) is 31.1 Å². The second kappa shape index (κ2) is 10.3. The van der Waals surface area contributed by atoms with E-state index < -0.39 is 18.1 Å². The number of amides is 3. The van der Waals surface area contributed by atoms with E-state index in [1.54, 1.807) is 37.1 Å². The van der Waals surface area contributed by atoms with Gasteiger partial charge in [-0.25, -0.2) is 0 Å². The highest BCUT2D eigenvalue weighted by Crippen LogP contribution is 2.34. The number of carbonyl (C=O) groups excluding carboxylic acids is 3. The lowest BCUT2D eigenvalue weighted by atomic mass is 9.97. The molecule has 190 valence electrons. The molecule has 9 heteroatoms. The summed E-state index contributed by atoms with van der Waals surface area (Å²) in [6, 6.07) is 21.5. The second-order valence-electron chi connectivity index (χ2n) is 9.06. The molecule has 3 atom stereocenters. The molecule has 2 heterocycles. The van der Waals surface area contributed by atoms with Crippen molar-refractivity contribution in [1.29, 1.82) is 0 Å². The molecule has 3 amide bonds. The molecule has 37 heavy (non-hydrogen) atoms. The van der Waals surface area contributed by atoms with Gasteiger partial charge in [0.1, 0.15) is 6.04 Å². The molecule has 3 aromatic rings. The number of fused-ring (bicyclic) bond motifs is 2. The van der Waals surface area contributed by atoms with Gasteiger partial charge in [0.25, 0.3) is 5.91 Å². The van der Waals surface area contributed by atoms with Crippen LogP contribution in [-0.4, -0.2) is 43.8 Å². The maximum Gasteiger partial charge on any atom is 0.264 e. The van der Waals surface area contributed by atoms with Crippen molar-refractivity contribution in [1.82, 2.24) is 16.0 Å². The van der Waals surface area contributed by atoms with Crippen LogP contribution in [0.5, 0.6) is 11.5 Å². The number of nitrogens with one attached hydrogen (secondary N) is 3. The molecule has 3 unspecified atom stereocenters. The Bertz CT molecular complexity index is 1330. The van der Waals surface area contributed by atoms with Crippen LogP contribution in [0, 0.1) is 0 Å². The maximum absolute atomic E-state index is 13.3. The van der Waals surface area contributed by atoms with E-state index in [0.29, 0.717) is 11.5 Å². The van der Waals surface area contributed by atoms with E-state index in [2.05, 4.69) is 16.0 Å². The highest BCUT2D eigenvalue weighted by Gasteiger charge is 2.35. The molecule has 2 aliphatic heterocycles. The molecular formula is C28H28N4O5. The fourth-order valence-corrected chi connectivity index (χ4v) is 4.56. The first kappa shape index (κ1) is 24.3. The predicted molar refractivity (Wildman–Crippen MR) is 137 cm³/mol. The van der Waals surface area contributed by atoms with Crippen molar-refractivity contribution in [3.63, 3.8) is 0 Å². The SMILES string of the molecule is CC(NC(=O)Cc1ccc2c(c1)OCO2)C(=O)NC1NC(c2ccccc2)c2ccccc2N(C)C1=O. The quantitative estimate of drug-likeness (QED) is 0.479. The number of hydrogen-bond donors (Lipinski definition) is 3. The molecule has 9 nitrogen and oxygen atoms in total. The van der Waals surface area contributed by atoms with Gasteiger partial charge in [-0.3, -0.25) is 19.7 Å². The highest BCUT2D eigenvalue weighted by atomic mass is 16.7. The van der Waals surface area contributed by atoms with Crippen molar-refractivity contribution in [3.05, 3.63) is 89.5 Å². The minimum Gasteiger partial charge on any atom is -0.454 e. The number of para-hydroxylation sites is 1. The Morgan fingerprint density at radius 2 is 1.76 bits per heavy atom. The van der Waals surface area contributed by atoms with Crippen LogP contribution in [0.15, 0.2) is 72.8 Å². The largest absolute Gasteiger partial charge is 0.454 e. The van der Waals surface area contributed by atoms with Gasteiger partial charge in [0.2, 0.25) is 18.6 Å². The van der Waals surface area contributed by atoms with Crippen molar-refractivity contribution in [2.45, 2.75) is 31.6 Å². The number of benzene rings is 3. The van der Waals surface area contributed by atoms with Crippen molar-refractivity contribution < 1.29 is 23.9 Å². The molecular weight excluding hydrogens is 472 g/mol. The van der Waals surface area contributed by atoms with E-state index in [4.69, 9.17) is 9.47 Å². The molecule has 2 aliphatic rings. The summed E-state index contributed by atoms with van der Waals surface area (Å²) in [5.74, 6) is 0.119. The number of likely N-dealkylation sites (N-methyl/N-ethyl adjacent to an activating group) is 1. The molecule has 0 saturated heterocycles. The first-order chi connectivity index (χ1) is 17.9. The zero-order chi connectivity index (χ0) is 25.9. The Morgan fingerprint density at radius 3 is 2.57 bits per heavy atom. The minimum atomic E-state index is -0.997. The zero-order valence-corrected chi connectivity index (χ0v) is 20.6. The first-order valence-electron chi connectivity index (χ1n) is 12.1. The summed E-state index contributed by atoms with van der Waals surface area (Å²) in [7, 11) is 1.69. The molecule has 0 fully saturated rings. The molecule has 0 radical (unpaired) electrons. The van der Waals surface area contributed by atoms with Gasteiger partial charge in [-0.1, -0.05) is 54.6 Å². The fraction of sp³-hybridized carbons (Fsp3) is 0.250. The molecule has 0 spiro atoms. The number of rotatable bonds is 6. The summed E-state index contributed by atoms with van der Waals surface area (Å²) < 4.78 is 10.7. The summed E-state index contributed by atoms with van der Waals surface area (Å²) in [5, 5.41) is 8.81. The van der Waals surface area contributed by atoms with Gasteiger partial charge in [-0.15, -0.1) is 0 Å². The lowest BCUT2D eigenvalue weighted by Gasteiger charge is -2.25. The smallest absolute Gasteiger partial charge is 0.264 e. The molecule has 3 aromatic carbocycles. The summed E-state index contributed by atoms with van der Waals surface area (Å²) in [4.78, 5) is 40.6. The monoisotopic (exact) mass is 500 g/mol. The average molecular weight is 501 g/mol. The standard InChI is InChI=1S/C28H28N4O5/c1-17(29-24(33)15-18-12-13-22-23(14-18)37-16-36-22)27(34)31-26-28(35)32(2)21-11-7-6-10-20(21)25(30-26)19-8-4-3-5-9-19/h3-14,17,25-26,30H,15-16H2,1-2H3,(H,29,33)(H,31,34). The average Bonchev–Trinajstić information content (AvgIpc) is 3.35. The number of ether oxygens (including phenoxy) is 2. The highest BCUT2D eigenvalue weighted by molar-refractivity contribution is 6.01. The normalized spacial score (nSPS) is 19.0. The van der Waals surface area contributed by atoms with Gasteiger partial charge < -0.3 is 25.0 Å². The van der Waals surface area contributed by atoms with Gasteiger partial charge in [0.05, 0.1) is 12.5 Å². The number of carbonyl (C=O) groups is 3. The Hall–Kier alpha value is -4.37. The Morgan fingerprint density at radius 1 is 1.03 bits per heavy atom. The number of nitrogens with zero attached hydrogens (tertiary/aromatic N) is 1. The fourth-order valence-electron chi connectivity index (χ4n) is 4.56. The van der Waals surface area contributed by atoms with Crippen LogP contribution in [0.25, 0.3) is 0 Å². The van der Waals surface area contributed by atoms with Crippen molar-refractivity contribution in [3.8, 4) is 11.5 Å². The Kier molecular flexibility index (Phi) is 6.78. The van der Waals surface area contributed by atoms with Gasteiger partial charge in [-0.05, 0) is 41.8 Å². The molecule has 5 rings (SSSR count). The second-order valence-corrected chi connectivity index (χ2v) is 9.06. The topological polar surface area (TPSA) is 109 Å². The molecule has 3 N–H and O–H groups in total. The van der Waals surface area contributed by atoms with E-state index in [1.165, 1.54) is 0 Å². The van der Waals surface area contributed by atoms with Crippen LogP contribution in [-0.2, 0) is 20.8 Å². The predicted octanol–water partition coefficient (Wildman–Crippen LogP) is 2.26. The van der Waals surface area contributed by atoms with Crippen LogP contribution in [0.3, 0.4) is 0 Å². The van der Waals surface area contributed by atoms with E-state index in [9.17, 15) is 14.4 Å². The summed E-state index contributed by atoms with van der Waals surface area (Å²) in [6.07, 6.45) is -0.925. The van der Waals surface area contributed by atoms with E-state index in [1.807, 2.05) is 54.6 Å². The summed E-state index contributed by atoms with van der Waals surface area (Å²) >= 11 is 0. The third-order valence-corrected chi connectivity index (χ3v) is 6.51. The maximum atomic E-state index is 13.3. The van der Waals surface area contributed by atoms with E-state index in [0.717, 1.165) is 22.4 Å². The number of anilines is 1. The third kappa shape index (κ3) is 5.12. The van der Waals surface area contributed by atoms with Gasteiger partial charge >= 0.3 is 0 Å². The zero-order valence-electron chi connectivity index (χ0n) is 20.6. The third-order valence-electron chi connectivity index (χ3n) is 6.51. The van der Waals surface area contributed by atoms with Gasteiger partial charge in [0, 0.05) is 12.7 Å². The summed E-state index contributed by atoms with van der Waals surface area (Å²) in [5.41, 5.74) is 3.38. The summed E-state index contributed by atoms with van der Waals surface area (Å²) in [6.45, 7) is 1.74. The van der Waals surface area contributed by atoms with Crippen LogP contribution in [0.1, 0.15) is 29.7 Å². The number of hydrogen-bond acceptors (Lipinski definition) is 6. The van der Waals surface area contributed by atoms with Crippen molar-refractivity contribution >= 4 is 23.4 Å². The van der Waals surface area contributed by atoms with Gasteiger partial charge in [0.15, 0.2) is 17.7 Å². The Balaban J connectivity index is 1.28. The molecule has 0 aliphatic carbocycles. The Labute approximate surface area is 214 Å². The lowest BCUT2D eigenvalue weighted by Crippen LogP contribution is -2.58. The molecule has 0 aromatic heterocycles. The van der Waals surface area contributed by atoms with Crippen LogP contribution in [0.4, 0.5) is 5.69 Å².